The highest BCUT2D eigenvalue weighted by atomic mass is 16.5. The van der Waals surface area contributed by atoms with Crippen molar-refractivity contribution in [2.45, 2.75) is 168 Å². The molecule has 5 nitrogen and oxygen atoms in total. The number of nitrogens with zero attached hydrogens (tertiary/aromatic N) is 2. The summed E-state index contributed by atoms with van der Waals surface area (Å²) in [5, 5.41) is 0. The topological polar surface area (TPSA) is 46.6 Å². The van der Waals surface area contributed by atoms with Crippen LogP contribution >= 0.6 is 0 Å². The molecule has 0 saturated heterocycles. The monoisotopic (exact) mass is 568 g/mol. The number of carbonyl (C=O) groups excluding carboxylic acids is 2. The maximum Gasteiger partial charge on any atom is 0.305 e. The number of ether oxygens (including phenoxy) is 1. The lowest BCUT2D eigenvalue weighted by molar-refractivity contribution is -0.869. The van der Waals surface area contributed by atoms with Crippen LogP contribution < -0.4 is 0 Å². The van der Waals surface area contributed by atoms with Crippen LogP contribution in [0.5, 0.6) is 0 Å². The van der Waals surface area contributed by atoms with Crippen LogP contribution in [-0.2, 0) is 14.3 Å². The van der Waals surface area contributed by atoms with E-state index in [1.54, 1.807) is 0 Å². The van der Waals surface area contributed by atoms with Crippen molar-refractivity contribution in [3.8, 4) is 0 Å². The molecule has 0 heterocycles. The average molecular weight is 568 g/mol. The molecule has 0 bridgehead atoms. The van der Waals surface area contributed by atoms with Crippen molar-refractivity contribution in [1.29, 1.82) is 0 Å². The number of rotatable bonds is 30. The standard InChI is InChI=1S/C35H71N2O3/c1-6-8-10-12-14-16-18-20-22-24-26-28-34(38)36(30-32-37(3,4)5)31-33-40-35(39)29-27-25-23-21-19-17-15-13-11-9-7-2/h6-33H2,1-5H3/q+1. The number of likely N-dealkylation sites (N-methyl/N-ethyl adjacent to an activating group) is 1. The first-order valence-corrected chi connectivity index (χ1v) is 17.5. The van der Waals surface area contributed by atoms with E-state index in [-0.39, 0.29) is 11.9 Å². The Bertz CT molecular complexity index is 573. The first kappa shape index (κ1) is 38.9. The Labute approximate surface area is 250 Å². The summed E-state index contributed by atoms with van der Waals surface area (Å²) in [5.74, 6) is 0.103. The number of hydrogen-bond acceptors (Lipinski definition) is 3. The largest absolute Gasteiger partial charge is 0.464 e. The van der Waals surface area contributed by atoms with Crippen molar-refractivity contribution in [3.63, 3.8) is 0 Å². The quantitative estimate of drug-likeness (QED) is 0.0493. The summed E-state index contributed by atoms with van der Waals surface area (Å²) in [5.41, 5.74) is 0. The lowest BCUT2D eigenvalue weighted by Gasteiger charge is -2.29. The van der Waals surface area contributed by atoms with Gasteiger partial charge in [-0.15, -0.1) is 0 Å². The fourth-order valence-corrected chi connectivity index (χ4v) is 5.16. The van der Waals surface area contributed by atoms with Gasteiger partial charge in [0.1, 0.15) is 6.61 Å². The Hall–Kier alpha value is -1.10. The predicted molar refractivity (Wildman–Crippen MR) is 173 cm³/mol. The van der Waals surface area contributed by atoms with E-state index in [4.69, 9.17) is 4.74 Å². The summed E-state index contributed by atoms with van der Waals surface area (Å²) in [4.78, 5) is 27.1. The zero-order chi connectivity index (χ0) is 29.7. The molecule has 0 rings (SSSR count). The van der Waals surface area contributed by atoms with Crippen LogP contribution in [0, 0.1) is 0 Å². The Morgan fingerprint density at radius 2 is 0.900 bits per heavy atom. The van der Waals surface area contributed by atoms with Gasteiger partial charge in [0.05, 0.1) is 40.8 Å². The molecule has 0 spiro atoms. The van der Waals surface area contributed by atoms with E-state index < -0.39 is 0 Å². The first-order chi connectivity index (χ1) is 19.3. The minimum absolute atomic E-state index is 0.111. The average Bonchev–Trinajstić information content (AvgIpc) is 2.91. The molecule has 40 heavy (non-hydrogen) atoms. The van der Waals surface area contributed by atoms with Crippen LogP contribution in [0.25, 0.3) is 0 Å². The van der Waals surface area contributed by atoms with E-state index in [0.717, 1.165) is 43.3 Å². The molecule has 0 fully saturated rings. The van der Waals surface area contributed by atoms with Crippen molar-refractivity contribution in [3.05, 3.63) is 0 Å². The number of hydrogen-bond donors (Lipinski definition) is 0. The lowest BCUT2D eigenvalue weighted by atomic mass is 10.1. The maximum absolute atomic E-state index is 13.0. The van der Waals surface area contributed by atoms with Crippen LogP contribution in [-0.4, -0.2) is 68.6 Å². The number of esters is 1. The van der Waals surface area contributed by atoms with Gasteiger partial charge in [0.15, 0.2) is 0 Å². The van der Waals surface area contributed by atoms with Crippen LogP contribution in [0.2, 0.25) is 0 Å². The van der Waals surface area contributed by atoms with Crippen molar-refractivity contribution in [2.75, 3.05) is 47.4 Å². The Kier molecular flexibility index (Phi) is 27.3. The van der Waals surface area contributed by atoms with Crippen LogP contribution in [0.1, 0.15) is 168 Å². The fraction of sp³-hybridized carbons (Fsp3) is 0.943. The third-order valence-corrected chi connectivity index (χ3v) is 8.00. The number of amides is 1. The third-order valence-electron chi connectivity index (χ3n) is 8.00. The molecule has 0 aliphatic heterocycles. The molecule has 0 saturated carbocycles. The van der Waals surface area contributed by atoms with E-state index in [9.17, 15) is 9.59 Å². The van der Waals surface area contributed by atoms with E-state index in [1.165, 1.54) is 116 Å². The van der Waals surface area contributed by atoms with Gasteiger partial charge >= 0.3 is 5.97 Å². The molecule has 0 radical (unpaired) electrons. The zero-order valence-electron chi connectivity index (χ0n) is 27.9. The Morgan fingerprint density at radius 1 is 0.525 bits per heavy atom. The molecule has 0 N–H and O–H groups in total. The second kappa shape index (κ2) is 28.0. The maximum atomic E-state index is 13.0. The highest BCUT2D eigenvalue weighted by Crippen LogP contribution is 2.14. The molecule has 0 aromatic carbocycles. The van der Waals surface area contributed by atoms with Gasteiger partial charge in [-0.3, -0.25) is 9.59 Å². The molecular formula is C35H71N2O3+. The molecule has 5 heteroatoms. The van der Waals surface area contributed by atoms with E-state index in [1.807, 2.05) is 4.90 Å². The van der Waals surface area contributed by atoms with E-state index >= 15 is 0 Å². The van der Waals surface area contributed by atoms with E-state index in [2.05, 4.69) is 35.0 Å². The third kappa shape index (κ3) is 28.4. The molecule has 0 aliphatic carbocycles. The smallest absolute Gasteiger partial charge is 0.305 e. The van der Waals surface area contributed by atoms with Crippen LogP contribution in [0.3, 0.4) is 0 Å². The zero-order valence-corrected chi connectivity index (χ0v) is 27.9. The number of carbonyl (C=O) groups is 2. The molecule has 0 aromatic rings. The summed E-state index contributed by atoms with van der Waals surface area (Å²) in [6.07, 6.45) is 29.3. The molecule has 0 aromatic heterocycles. The first-order valence-electron chi connectivity index (χ1n) is 17.5. The Balaban J connectivity index is 3.99. The Morgan fingerprint density at radius 3 is 1.30 bits per heavy atom. The second-order valence-electron chi connectivity index (χ2n) is 13.2. The minimum Gasteiger partial charge on any atom is -0.464 e. The van der Waals surface area contributed by atoms with Gasteiger partial charge in [0.25, 0.3) is 0 Å². The van der Waals surface area contributed by atoms with Crippen LogP contribution in [0.4, 0.5) is 0 Å². The van der Waals surface area contributed by atoms with Crippen molar-refractivity contribution in [2.24, 2.45) is 0 Å². The highest BCUT2D eigenvalue weighted by molar-refractivity contribution is 5.76. The SMILES string of the molecule is CCCCCCCCCCCCCC(=O)OCCN(CC[N+](C)(C)C)C(=O)CCCCCCCCCCCCC. The molecule has 238 valence electrons. The molecule has 0 atom stereocenters. The van der Waals surface area contributed by atoms with Gasteiger partial charge in [0.2, 0.25) is 5.91 Å². The fourth-order valence-electron chi connectivity index (χ4n) is 5.16. The summed E-state index contributed by atoms with van der Waals surface area (Å²) >= 11 is 0. The normalized spacial score (nSPS) is 11.6. The van der Waals surface area contributed by atoms with Crippen molar-refractivity contribution >= 4 is 11.9 Å². The summed E-state index contributed by atoms with van der Waals surface area (Å²) < 4.78 is 6.34. The van der Waals surface area contributed by atoms with E-state index in [0.29, 0.717) is 26.0 Å². The van der Waals surface area contributed by atoms with Gasteiger partial charge in [-0.2, -0.15) is 0 Å². The summed E-state index contributed by atoms with van der Waals surface area (Å²) in [6, 6.07) is 0. The van der Waals surface area contributed by atoms with Crippen LogP contribution in [0.15, 0.2) is 0 Å². The van der Waals surface area contributed by atoms with Gasteiger partial charge in [0, 0.05) is 12.8 Å². The highest BCUT2D eigenvalue weighted by Gasteiger charge is 2.17. The van der Waals surface area contributed by atoms with Crippen molar-refractivity contribution in [1.82, 2.24) is 4.90 Å². The molecule has 0 aliphatic rings. The lowest BCUT2D eigenvalue weighted by Crippen LogP contribution is -2.45. The molecular weight excluding hydrogens is 496 g/mol. The van der Waals surface area contributed by atoms with Gasteiger partial charge in [-0.25, -0.2) is 0 Å². The number of quaternary nitrogens is 1. The van der Waals surface area contributed by atoms with Gasteiger partial charge < -0.3 is 14.1 Å². The van der Waals surface area contributed by atoms with Gasteiger partial charge in [-0.1, -0.05) is 142 Å². The summed E-state index contributed by atoms with van der Waals surface area (Å²) in [7, 11) is 6.46. The predicted octanol–water partition coefficient (Wildman–Crippen LogP) is 9.47. The molecule has 0 unspecified atom stereocenters. The summed E-state index contributed by atoms with van der Waals surface area (Å²) in [6.45, 7) is 6.98. The second-order valence-corrected chi connectivity index (χ2v) is 13.2. The number of unbranched alkanes of at least 4 members (excludes halogenated alkanes) is 20. The van der Waals surface area contributed by atoms with Gasteiger partial charge in [-0.05, 0) is 12.8 Å². The van der Waals surface area contributed by atoms with Crippen molar-refractivity contribution < 1.29 is 18.8 Å². The molecule has 1 amide bonds. The minimum atomic E-state index is -0.111.